The topological polar surface area (TPSA) is 30.7 Å². The third-order valence-electron chi connectivity index (χ3n) is 3.21. The van der Waals surface area contributed by atoms with E-state index in [9.17, 15) is 0 Å². The Labute approximate surface area is 106 Å². The lowest BCUT2D eigenvalue weighted by Gasteiger charge is -2.05. The summed E-state index contributed by atoms with van der Waals surface area (Å²) in [4.78, 5) is 4.73. The number of para-hydroxylation sites is 1. The lowest BCUT2D eigenvalue weighted by Crippen LogP contribution is -1.89. The number of nitrogens with zero attached hydrogens (tertiary/aromatic N) is 3. The van der Waals surface area contributed by atoms with Crippen LogP contribution >= 0.6 is 0 Å². The molecule has 0 aliphatic heterocycles. The normalized spacial score (nSPS) is 11.1. The number of aryl methyl sites for hydroxylation is 3. The van der Waals surface area contributed by atoms with E-state index in [1.807, 2.05) is 37.0 Å². The van der Waals surface area contributed by atoms with Gasteiger partial charge >= 0.3 is 0 Å². The number of hydrogen-bond donors (Lipinski definition) is 0. The Morgan fingerprint density at radius 1 is 1.11 bits per heavy atom. The minimum atomic E-state index is 0.997. The smallest absolute Gasteiger partial charge is 0.0746 e. The van der Waals surface area contributed by atoms with Gasteiger partial charge in [-0.05, 0) is 31.5 Å². The summed E-state index contributed by atoms with van der Waals surface area (Å²) in [5.74, 6) is 0. The average Bonchev–Trinajstić information content (AvgIpc) is 2.68. The SMILES string of the molecule is Cc1nn(C)cc1-c1cc(C)c2ccccc2n1. The van der Waals surface area contributed by atoms with Crippen LogP contribution in [0.25, 0.3) is 22.2 Å². The van der Waals surface area contributed by atoms with Gasteiger partial charge < -0.3 is 0 Å². The van der Waals surface area contributed by atoms with E-state index in [1.165, 1.54) is 10.9 Å². The number of hydrogen-bond acceptors (Lipinski definition) is 2. The van der Waals surface area contributed by atoms with Crippen LogP contribution < -0.4 is 0 Å². The van der Waals surface area contributed by atoms with E-state index >= 15 is 0 Å². The maximum Gasteiger partial charge on any atom is 0.0746 e. The Kier molecular flexibility index (Phi) is 2.40. The molecule has 0 saturated carbocycles. The van der Waals surface area contributed by atoms with Gasteiger partial charge in [0, 0.05) is 24.2 Å². The van der Waals surface area contributed by atoms with Crippen LogP contribution in [0.3, 0.4) is 0 Å². The molecule has 0 N–H and O–H groups in total. The summed E-state index contributed by atoms with van der Waals surface area (Å²) in [6.07, 6.45) is 2.02. The molecule has 0 fully saturated rings. The molecule has 0 spiro atoms. The molecule has 0 bridgehead atoms. The second-order valence-corrected chi connectivity index (χ2v) is 4.64. The Bertz CT molecular complexity index is 726. The molecular formula is C15H15N3. The van der Waals surface area contributed by atoms with Gasteiger partial charge in [0.1, 0.15) is 0 Å². The Morgan fingerprint density at radius 3 is 2.61 bits per heavy atom. The van der Waals surface area contributed by atoms with Crippen LogP contribution in [0.15, 0.2) is 36.5 Å². The fourth-order valence-corrected chi connectivity index (χ4v) is 2.34. The van der Waals surface area contributed by atoms with Crippen LogP contribution in [-0.4, -0.2) is 14.8 Å². The summed E-state index contributed by atoms with van der Waals surface area (Å²) in [7, 11) is 1.93. The van der Waals surface area contributed by atoms with Crippen molar-refractivity contribution in [2.24, 2.45) is 7.05 Å². The van der Waals surface area contributed by atoms with E-state index in [1.54, 1.807) is 0 Å². The van der Waals surface area contributed by atoms with Crippen LogP contribution in [0.2, 0.25) is 0 Å². The third-order valence-corrected chi connectivity index (χ3v) is 3.21. The molecule has 3 heteroatoms. The first-order valence-electron chi connectivity index (χ1n) is 6.02. The second-order valence-electron chi connectivity index (χ2n) is 4.64. The second kappa shape index (κ2) is 3.95. The van der Waals surface area contributed by atoms with Gasteiger partial charge in [-0.1, -0.05) is 18.2 Å². The number of rotatable bonds is 1. The minimum absolute atomic E-state index is 0.997. The molecular weight excluding hydrogens is 222 g/mol. The van der Waals surface area contributed by atoms with Gasteiger partial charge in [-0.2, -0.15) is 5.10 Å². The average molecular weight is 237 g/mol. The molecule has 0 atom stereocenters. The number of aromatic nitrogens is 3. The minimum Gasteiger partial charge on any atom is -0.275 e. The van der Waals surface area contributed by atoms with E-state index in [-0.39, 0.29) is 0 Å². The fourth-order valence-electron chi connectivity index (χ4n) is 2.34. The molecule has 18 heavy (non-hydrogen) atoms. The highest BCUT2D eigenvalue weighted by Gasteiger charge is 2.09. The number of fused-ring (bicyclic) bond motifs is 1. The fraction of sp³-hybridized carbons (Fsp3) is 0.200. The van der Waals surface area contributed by atoms with Crippen LogP contribution in [0.1, 0.15) is 11.3 Å². The van der Waals surface area contributed by atoms with Crippen LogP contribution in [0, 0.1) is 13.8 Å². The van der Waals surface area contributed by atoms with Crippen molar-refractivity contribution in [1.29, 1.82) is 0 Å². The van der Waals surface area contributed by atoms with Crippen molar-refractivity contribution in [2.75, 3.05) is 0 Å². The van der Waals surface area contributed by atoms with Crippen molar-refractivity contribution in [3.63, 3.8) is 0 Å². The third kappa shape index (κ3) is 1.68. The summed E-state index contributed by atoms with van der Waals surface area (Å²) in [5, 5.41) is 5.58. The maximum atomic E-state index is 4.73. The van der Waals surface area contributed by atoms with Crippen molar-refractivity contribution < 1.29 is 0 Å². The van der Waals surface area contributed by atoms with E-state index in [0.29, 0.717) is 0 Å². The molecule has 3 aromatic rings. The Morgan fingerprint density at radius 2 is 1.89 bits per heavy atom. The standard InChI is InChI=1S/C15H15N3/c1-10-8-15(13-9-18(3)17-11(13)2)16-14-7-5-4-6-12(10)14/h4-9H,1-3H3. The first kappa shape index (κ1) is 11.0. The lowest BCUT2D eigenvalue weighted by molar-refractivity contribution is 0.756. The van der Waals surface area contributed by atoms with Crippen LogP contribution in [0.4, 0.5) is 0 Å². The monoisotopic (exact) mass is 237 g/mol. The quantitative estimate of drug-likeness (QED) is 0.650. The summed E-state index contributed by atoms with van der Waals surface area (Å²) in [6, 6.07) is 10.4. The highest BCUT2D eigenvalue weighted by molar-refractivity contribution is 5.85. The summed E-state index contributed by atoms with van der Waals surface area (Å²) in [5.41, 5.74) is 5.40. The van der Waals surface area contributed by atoms with Gasteiger partial charge in [-0.3, -0.25) is 4.68 Å². The molecule has 90 valence electrons. The van der Waals surface area contributed by atoms with Crippen LogP contribution in [0.5, 0.6) is 0 Å². The Balaban J connectivity index is 2.27. The Hall–Kier alpha value is -2.16. The molecule has 3 nitrogen and oxygen atoms in total. The van der Waals surface area contributed by atoms with E-state index < -0.39 is 0 Å². The molecule has 2 aromatic heterocycles. The summed E-state index contributed by atoms with van der Waals surface area (Å²) < 4.78 is 1.83. The zero-order valence-corrected chi connectivity index (χ0v) is 10.8. The highest BCUT2D eigenvalue weighted by Crippen LogP contribution is 2.25. The predicted molar refractivity (Wildman–Crippen MR) is 73.4 cm³/mol. The van der Waals surface area contributed by atoms with Crippen molar-refractivity contribution in [3.8, 4) is 11.3 Å². The summed E-state index contributed by atoms with van der Waals surface area (Å²) in [6.45, 7) is 4.14. The van der Waals surface area contributed by atoms with Crippen molar-refractivity contribution >= 4 is 10.9 Å². The van der Waals surface area contributed by atoms with E-state index in [0.717, 1.165) is 22.5 Å². The van der Waals surface area contributed by atoms with Crippen molar-refractivity contribution in [2.45, 2.75) is 13.8 Å². The van der Waals surface area contributed by atoms with Gasteiger partial charge in [-0.25, -0.2) is 4.98 Å². The molecule has 0 aliphatic rings. The van der Waals surface area contributed by atoms with Crippen molar-refractivity contribution in [1.82, 2.24) is 14.8 Å². The molecule has 0 saturated heterocycles. The molecule has 0 unspecified atom stereocenters. The van der Waals surface area contributed by atoms with Crippen LogP contribution in [-0.2, 0) is 7.05 Å². The van der Waals surface area contributed by atoms with Gasteiger partial charge in [0.2, 0.25) is 0 Å². The molecule has 1 aromatic carbocycles. The van der Waals surface area contributed by atoms with Gasteiger partial charge in [0.15, 0.2) is 0 Å². The largest absolute Gasteiger partial charge is 0.275 e. The zero-order valence-electron chi connectivity index (χ0n) is 10.8. The molecule has 0 radical (unpaired) electrons. The zero-order chi connectivity index (χ0) is 12.7. The maximum absolute atomic E-state index is 4.73. The molecule has 0 aliphatic carbocycles. The highest BCUT2D eigenvalue weighted by atomic mass is 15.2. The number of benzene rings is 1. The summed E-state index contributed by atoms with van der Waals surface area (Å²) >= 11 is 0. The first-order chi connectivity index (χ1) is 8.65. The lowest BCUT2D eigenvalue weighted by atomic mass is 10.1. The van der Waals surface area contributed by atoms with Crippen molar-refractivity contribution in [3.05, 3.63) is 47.8 Å². The van der Waals surface area contributed by atoms with Gasteiger partial charge in [0.05, 0.1) is 16.9 Å². The molecule has 3 rings (SSSR count). The van der Waals surface area contributed by atoms with Gasteiger partial charge in [-0.15, -0.1) is 0 Å². The number of pyridine rings is 1. The first-order valence-corrected chi connectivity index (χ1v) is 6.02. The van der Waals surface area contributed by atoms with E-state index in [2.05, 4.69) is 30.2 Å². The predicted octanol–water partition coefficient (Wildman–Crippen LogP) is 3.25. The molecule has 2 heterocycles. The molecule has 0 amide bonds. The van der Waals surface area contributed by atoms with Gasteiger partial charge in [0.25, 0.3) is 0 Å². The van der Waals surface area contributed by atoms with E-state index in [4.69, 9.17) is 4.98 Å².